The van der Waals surface area contributed by atoms with E-state index >= 15 is 0 Å². The number of aryl methyl sites for hydroxylation is 1. The minimum absolute atomic E-state index is 0.136. The number of rotatable bonds is 9. The summed E-state index contributed by atoms with van der Waals surface area (Å²) in [6, 6.07) is 6.20. The van der Waals surface area contributed by atoms with E-state index in [4.69, 9.17) is 5.14 Å². The monoisotopic (exact) mass is 519 g/mol. The molecule has 0 amide bonds. The fourth-order valence-corrected chi connectivity index (χ4v) is 4.90. The summed E-state index contributed by atoms with van der Waals surface area (Å²) in [6.07, 6.45) is 2.22. The normalized spacial score (nSPS) is 22.1. The second kappa shape index (κ2) is 10.5. The summed E-state index contributed by atoms with van der Waals surface area (Å²) in [6.45, 7) is 1.70. The smallest absolute Gasteiger partial charge is 0.333 e. The van der Waals surface area contributed by atoms with Crippen molar-refractivity contribution in [2.45, 2.75) is 38.5 Å². The summed E-state index contributed by atoms with van der Waals surface area (Å²) in [5, 5.41) is 30.0. The van der Waals surface area contributed by atoms with Crippen LogP contribution in [0, 0.1) is 24.6 Å². The summed E-state index contributed by atoms with van der Waals surface area (Å²) >= 11 is 0. The summed E-state index contributed by atoms with van der Waals surface area (Å²) in [5.41, 5.74) is 2.17. The number of aliphatic hydroxyl groups is 2. The lowest BCUT2D eigenvalue weighted by atomic mass is 9.95. The Morgan fingerprint density at radius 1 is 1.25 bits per heavy atom. The van der Waals surface area contributed by atoms with Crippen molar-refractivity contribution in [1.29, 1.82) is 0 Å². The van der Waals surface area contributed by atoms with Crippen molar-refractivity contribution in [3.05, 3.63) is 76.9 Å². The Morgan fingerprint density at radius 2 is 2.00 bits per heavy atom. The van der Waals surface area contributed by atoms with E-state index in [1.54, 1.807) is 19.2 Å². The molecule has 1 saturated carbocycles. The molecule has 0 unspecified atom stereocenters. The zero-order valence-electron chi connectivity index (χ0n) is 19.4. The number of aliphatic hydroxyl groups excluding tert-OH is 2. The summed E-state index contributed by atoms with van der Waals surface area (Å²) in [4.78, 5) is 21.4. The molecular weight excluding hydrogens is 493 g/mol. The fraction of sp³-hybridized carbons (Fsp3) is 0.391. The van der Waals surface area contributed by atoms with Crippen molar-refractivity contribution in [3.8, 4) is 0 Å². The predicted octanol–water partition coefficient (Wildman–Crippen LogP) is 0.520. The number of hydrogen-bond donors (Lipinski definition) is 3. The van der Waals surface area contributed by atoms with Gasteiger partial charge in [-0.2, -0.15) is 13.5 Å². The highest BCUT2D eigenvalue weighted by molar-refractivity contribution is 7.84. The molecule has 4 rings (SSSR count). The third-order valence-corrected chi connectivity index (χ3v) is 6.65. The molecule has 192 valence electrons. The van der Waals surface area contributed by atoms with Gasteiger partial charge in [0, 0.05) is 18.3 Å². The molecule has 1 fully saturated rings. The highest BCUT2D eigenvalue weighted by Gasteiger charge is 2.42. The predicted molar refractivity (Wildman–Crippen MR) is 124 cm³/mol. The second-order valence-electron chi connectivity index (χ2n) is 8.97. The number of nitrogens with zero attached hydrogens (tertiary/aromatic N) is 4. The van der Waals surface area contributed by atoms with Gasteiger partial charge in [-0.3, -0.25) is 13.7 Å². The van der Waals surface area contributed by atoms with Crippen molar-refractivity contribution in [2.75, 3.05) is 6.61 Å². The molecule has 0 spiro atoms. The van der Waals surface area contributed by atoms with Gasteiger partial charge in [-0.15, -0.1) is 0 Å². The number of carbonyl (C=O) groups excluding carboxylic acids is 1. The first kappa shape index (κ1) is 26.0. The highest BCUT2D eigenvalue weighted by Crippen LogP contribution is 2.35. The summed E-state index contributed by atoms with van der Waals surface area (Å²) in [7, 11) is -4.19. The van der Waals surface area contributed by atoms with Crippen LogP contribution in [0.4, 0.5) is 4.39 Å². The first-order valence-electron chi connectivity index (χ1n) is 11.2. The van der Waals surface area contributed by atoms with Gasteiger partial charge in [-0.25, -0.2) is 19.5 Å². The molecule has 2 heterocycles. The van der Waals surface area contributed by atoms with Crippen LogP contribution in [0.1, 0.15) is 39.3 Å². The van der Waals surface area contributed by atoms with Crippen molar-refractivity contribution < 1.29 is 32.0 Å². The minimum Gasteiger partial charge on any atom is -0.390 e. The number of hydrogen-bond acceptors (Lipinski definition) is 9. The van der Waals surface area contributed by atoms with Gasteiger partial charge in [0.05, 0.1) is 36.6 Å². The highest BCUT2D eigenvalue weighted by atomic mass is 32.2. The SMILES string of the molecule is Cc1cc(F)cc(Cn2ccc(C(=O)c3cncnc3C[C@@H]3C[C@H](COS(N)(=O)=O)[C@@H](O)[C@H]3O)n2)c1. The summed E-state index contributed by atoms with van der Waals surface area (Å²) < 4.78 is 41.9. The van der Waals surface area contributed by atoms with E-state index in [1.807, 2.05) is 6.07 Å². The van der Waals surface area contributed by atoms with E-state index in [0.29, 0.717) is 11.3 Å². The number of aromatic nitrogens is 4. The molecule has 0 radical (unpaired) electrons. The van der Waals surface area contributed by atoms with Gasteiger partial charge in [-0.1, -0.05) is 6.07 Å². The van der Waals surface area contributed by atoms with Crippen LogP contribution in [0.25, 0.3) is 0 Å². The number of ketones is 1. The van der Waals surface area contributed by atoms with Crippen LogP contribution in [0.15, 0.2) is 43.0 Å². The Bertz CT molecular complexity index is 1340. The van der Waals surface area contributed by atoms with E-state index in [1.165, 1.54) is 29.3 Å². The molecular formula is C23H26FN5O6S. The maximum absolute atomic E-state index is 13.7. The second-order valence-corrected chi connectivity index (χ2v) is 10.2. The van der Waals surface area contributed by atoms with E-state index in [-0.39, 0.29) is 43.1 Å². The number of nitrogens with two attached hydrogens (primary N) is 1. The average Bonchev–Trinajstić information content (AvgIpc) is 3.36. The van der Waals surface area contributed by atoms with Crippen LogP contribution in [-0.4, -0.2) is 63.0 Å². The molecule has 4 atom stereocenters. The van der Waals surface area contributed by atoms with Crippen molar-refractivity contribution in [2.24, 2.45) is 17.0 Å². The molecule has 0 aliphatic heterocycles. The van der Waals surface area contributed by atoms with E-state index in [0.717, 1.165) is 5.56 Å². The Balaban J connectivity index is 1.48. The maximum atomic E-state index is 13.7. The Morgan fingerprint density at radius 3 is 2.72 bits per heavy atom. The van der Waals surface area contributed by atoms with Crippen LogP contribution in [-0.2, 0) is 27.5 Å². The lowest BCUT2D eigenvalue weighted by Gasteiger charge is -2.17. The van der Waals surface area contributed by atoms with Crippen molar-refractivity contribution >= 4 is 16.1 Å². The van der Waals surface area contributed by atoms with Crippen molar-refractivity contribution in [3.63, 3.8) is 0 Å². The van der Waals surface area contributed by atoms with Gasteiger partial charge in [0.25, 0.3) is 0 Å². The molecule has 13 heteroatoms. The molecule has 1 aromatic carbocycles. The zero-order valence-corrected chi connectivity index (χ0v) is 20.2. The maximum Gasteiger partial charge on any atom is 0.333 e. The van der Waals surface area contributed by atoms with Gasteiger partial charge in [0.15, 0.2) is 0 Å². The first-order valence-corrected chi connectivity index (χ1v) is 12.6. The molecule has 1 aliphatic carbocycles. The zero-order chi connectivity index (χ0) is 26.0. The topological polar surface area (TPSA) is 171 Å². The van der Waals surface area contributed by atoms with Crippen LogP contribution in [0.3, 0.4) is 0 Å². The molecule has 0 saturated heterocycles. The van der Waals surface area contributed by atoms with Gasteiger partial charge in [0.2, 0.25) is 5.78 Å². The van der Waals surface area contributed by atoms with Crippen molar-refractivity contribution in [1.82, 2.24) is 19.7 Å². The molecule has 4 N–H and O–H groups in total. The third-order valence-electron chi connectivity index (χ3n) is 6.18. The van der Waals surface area contributed by atoms with Gasteiger partial charge < -0.3 is 10.2 Å². The molecule has 3 aromatic rings. The minimum atomic E-state index is -4.19. The fourth-order valence-electron chi connectivity index (χ4n) is 4.53. The number of carbonyl (C=O) groups is 1. The lowest BCUT2D eigenvalue weighted by Crippen LogP contribution is -2.31. The quantitative estimate of drug-likeness (QED) is 0.341. The van der Waals surface area contributed by atoms with Gasteiger partial charge >= 0.3 is 10.3 Å². The molecule has 1 aliphatic rings. The lowest BCUT2D eigenvalue weighted by molar-refractivity contribution is -0.00334. The van der Waals surface area contributed by atoms with Gasteiger partial charge in [-0.05, 0) is 55.0 Å². The molecule has 0 bridgehead atoms. The first-order chi connectivity index (χ1) is 17.0. The standard InChI is InChI=1S/C23H26FN5O6S/c1-13-4-14(6-17(24)5-13)10-29-3-2-19(28-29)23(32)18-9-26-12-27-20(18)8-15-7-16(22(31)21(15)30)11-35-36(25,33)34/h2-6,9,12,15-16,21-22,30-31H,7-8,10-11H2,1H3,(H2,25,33,34)/t15-,16+,21-,22+/m0/s1. The summed E-state index contributed by atoms with van der Waals surface area (Å²) in [5.74, 6) is -1.95. The van der Waals surface area contributed by atoms with Gasteiger partial charge in [0.1, 0.15) is 17.8 Å². The Hall–Kier alpha value is -3.10. The van der Waals surface area contributed by atoms with E-state index < -0.39 is 40.1 Å². The van der Waals surface area contributed by atoms with E-state index in [9.17, 15) is 27.8 Å². The van der Waals surface area contributed by atoms with Crippen LogP contribution in [0.2, 0.25) is 0 Å². The van der Waals surface area contributed by atoms with Crippen LogP contribution < -0.4 is 5.14 Å². The Kier molecular flexibility index (Phi) is 7.57. The van der Waals surface area contributed by atoms with Crippen LogP contribution in [0.5, 0.6) is 0 Å². The van der Waals surface area contributed by atoms with Crippen LogP contribution >= 0.6 is 0 Å². The Labute approximate surface area is 207 Å². The van der Waals surface area contributed by atoms with E-state index in [2.05, 4.69) is 19.2 Å². The average molecular weight is 520 g/mol. The number of benzene rings is 1. The number of halogens is 1. The largest absolute Gasteiger partial charge is 0.390 e. The molecule has 36 heavy (non-hydrogen) atoms. The molecule has 2 aromatic heterocycles. The molecule has 11 nitrogen and oxygen atoms in total. The third kappa shape index (κ3) is 6.17.